The van der Waals surface area contributed by atoms with Crippen molar-refractivity contribution >= 4 is 40.5 Å². The van der Waals surface area contributed by atoms with Gasteiger partial charge in [0.2, 0.25) is 0 Å². The largest absolute Gasteiger partial charge is 0.368 e. The lowest BCUT2D eigenvalue weighted by Crippen LogP contribution is -2.44. The fraction of sp³-hybridized carbons (Fsp3) is 0.250. The van der Waals surface area contributed by atoms with E-state index in [9.17, 15) is 4.79 Å². The van der Waals surface area contributed by atoms with Gasteiger partial charge >= 0.3 is 0 Å². The van der Waals surface area contributed by atoms with Crippen LogP contribution in [0.5, 0.6) is 0 Å². The smallest absolute Gasteiger partial charge is 0.256 e. The van der Waals surface area contributed by atoms with Crippen molar-refractivity contribution in [3.63, 3.8) is 0 Å². The Morgan fingerprint density at radius 1 is 1.08 bits per heavy atom. The van der Waals surface area contributed by atoms with Gasteiger partial charge in [0.05, 0.1) is 0 Å². The fourth-order valence-electron chi connectivity index (χ4n) is 3.40. The number of hydrogen-bond donors (Lipinski definition) is 1. The topological polar surface area (TPSA) is 35.6 Å². The van der Waals surface area contributed by atoms with Crippen molar-refractivity contribution in [1.82, 2.24) is 4.90 Å². The Bertz CT molecular complexity index is 854. The fourth-order valence-corrected chi connectivity index (χ4v) is 3.58. The van der Waals surface area contributed by atoms with Gasteiger partial charge in [-0.05, 0) is 43.0 Å². The van der Waals surface area contributed by atoms with Crippen molar-refractivity contribution in [3.8, 4) is 0 Å². The van der Waals surface area contributed by atoms with Crippen LogP contribution >= 0.6 is 11.6 Å². The lowest BCUT2D eigenvalue weighted by Gasteiger charge is -2.35. The van der Waals surface area contributed by atoms with Crippen LogP contribution in [0.15, 0.2) is 42.5 Å². The minimum absolute atomic E-state index is 0.0783. The van der Waals surface area contributed by atoms with E-state index in [4.69, 9.17) is 11.6 Å². The number of benzene rings is 2. The number of hydrogen-bond acceptors (Lipinski definition) is 3. The average molecular weight is 354 g/mol. The van der Waals surface area contributed by atoms with Gasteiger partial charge in [0.15, 0.2) is 0 Å². The molecule has 1 saturated heterocycles. The SMILES string of the molecule is CN1CCN(c2ccccc2C=C2C(=O)Nc3ccc(Cl)cc32)CC1. The average Bonchev–Trinajstić information content (AvgIpc) is 2.91. The first-order valence-electron chi connectivity index (χ1n) is 8.47. The maximum Gasteiger partial charge on any atom is 0.256 e. The molecule has 0 spiro atoms. The molecule has 128 valence electrons. The number of nitrogens with zero attached hydrogens (tertiary/aromatic N) is 2. The number of piperazine rings is 1. The van der Waals surface area contributed by atoms with Crippen LogP contribution in [0.1, 0.15) is 11.1 Å². The second kappa shape index (κ2) is 6.54. The number of rotatable bonds is 2. The number of amides is 1. The number of carbonyl (C=O) groups excluding carboxylic acids is 1. The summed E-state index contributed by atoms with van der Waals surface area (Å²) in [4.78, 5) is 17.2. The molecule has 2 aliphatic rings. The normalized spacial score (nSPS) is 19.2. The molecule has 2 aromatic rings. The van der Waals surface area contributed by atoms with Gasteiger partial charge in [-0.15, -0.1) is 0 Å². The minimum Gasteiger partial charge on any atom is -0.368 e. The Labute approximate surface area is 152 Å². The van der Waals surface area contributed by atoms with Crippen molar-refractivity contribution < 1.29 is 4.79 Å². The highest BCUT2D eigenvalue weighted by Gasteiger charge is 2.25. The summed E-state index contributed by atoms with van der Waals surface area (Å²) in [6, 6.07) is 13.7. The van der Waals surface area contributed by atoms with E-state index in [-0.39, 0.29) is 5.91 Å². The molecule has 1 amide bonds. The molecule has 0 radical (unpaired) electrons. The molecular weight excluding hydrogens is 334 g/mol. The zero-order chi connectivity index (χ0) is 17.4. The number of likely N-dealkylation sites (N-methyl/N-ethyl adjacent to an activating group) is 1. The summed E-state index contributed by atoms with van der Waals surface area (Å²) in [7, 11) is 2.15. The molecule has 0 aromatic heterocycles. The highest BCUT2D eigenvalue weighted by Crippen LogP contribution is 2.36. The molecule has 0 bridgehead atoms. The highest BCUT2D eigenvalue weighted by atomic mass is 35.5. The molecular formula is C20H20ClN3O. The number of fused-ring (bicyclic) bond motifs is 1. The first-order chi connectivity index (χ1) is 12.1. The first-order valence-corrected chi connectivity index (χ1v) is 8.85. The van der Waals surface area contributed by atoms with E-state index >= 15 is 0 Å². The van der Waals surface area contributed by atoms with Gasteiger partial charge < -0.3 is 15.1 Å². The van der Waals surface area contributed by atoms with Gasteiger partial charge in [-0.25, -0.2) is 0 Å². The Balaban J connectivity index is 1.73. The van der Waals surface area contributed by atoms with E-state index in [0.717, 1.165) is 43.0 Å². The second-order valence-electron chi connectivity index (χ2n) is 6.55. The summed E-state index contributed by atoms with van der Waals surface area (Å²) in [5.74, 6) is -0.0783. The van der Waals surface area contributed by atoms with Crippen molar-refractivity contribution in [1.29, 1.82) is 0 Å². The monoisotopic (exact) mass is 353 g/mol. The predicted octanol–water partition coefficient (Wildman–Crippen LogP) is 3.58. The van der Waals surface area contributed by atoms with E-state index in [1.54, 1.807) is 6.07 Å². The molecule has 25 heavy (non-hydrogen) atoms. The predicted molar refractivity (Wildman–Crippen MR) is 104 cm³/mol. The first kappa shape index (κ1) is 16.2. The standard InChI is InChI=1S/C20H20ClN3O/c1-23-8-10-24(11-9-23)19-5-3-2-4-14(19)12-17-16-13-15(21)6-7-18(16)22-20(17)25/h2-7,12-13H,8-11H2,1H3,(H,22,25). The van der Waals surface area contributed by atoms with Gasteiger partial charge in [0.1, 0.15) is 0 Å². The number of anilines is 2. The van der Waals surface area contributed by atoms with Crippen LogP contribution in [0.25, 0.3) is 11.6 Å². The quantitative estimate of drug-likeness (QED) is 0.838. The molecule has 5 heteroatoms. The summed E-state index contributed by atoms with van der Waals surface area (Å²) in [6.07, 6.45) is 1.98. The molecule has 0 saturated carbocycles. The number of nitrogens with one attached hydrogen (secondary N) is 1. The Hall–Kier alpha value is -2.30. The highest BCUT2D eigenvalue weighted by molar-refractivity contribution is 6.36. The zero-order valence-corrected chi connectivity index (χ0v) is 14.9. The van der Waals surface area contributed by atoms with Crippen LogP contribution in [-0.4, -0.2) is 44.0 Å². The van der Waals surface area contributed by atoms with Crippen molar-refractivity contribution in [3.05, 3.63) is 58.6 Å². The Kier molecular flexibility index (Phi) is 4.24. The molecule has 0 atom stereocenters. The van der Waals surface area contributed by atoms with Crippen LogP contribution in [-0.2, 0) is 4.79 Å². The number of carbonyl (C=O) groups is 1. The minimum atomic E-state index is -0.0783. The molecule has 4 rings (SSSR count). The third-order valence-electron chi connectivity index (χ3n) is 4.85. The lowest BCUT2D eigenvalue weighted by molar-refractivity contribution is -0.110. The summed E-state index contributed by atoms with van der Waals surface area (Å²) in [5.41, 5.74) is 4.58. The molecule has 2 aromatic carbocycles. The van der Waals surface area contributed by atoms with E-state index in [0.29, 0.717) is 10.6 Å². The van der Waals surface area contributed by atoms with E-state index < -0.39 is 0 Å². The molecule has 2 aliphatic heterocycles. The molecule has 2 heterocycles. The van der Waals surface area contributed by atoms with E-state index in [1.807, 2.05) is 24.3 Å². The van der Waals surface area contributed by atoms with Gasteiger partial charge in [0, 0.05) is 53.7 Å². The van der Waals surface area contributed by atoms with E-state index in [1.165, 1.54) is 5.69 Å². The van der Waals surface area contributed by atoms with Crippen LogP contribution in [0.3, 0.4) is 0 Å². The third kappa shape index (κ3) is 3.15. The van der Waals surface area contributed by atoms with Gasteiger partial charge in [-0.2, -0.15) is 0 Å². The molecule has 1 fully saturated rings. The van der Waals surface area contributed by atoms with Gasteiger partial charge in [0.25, 0.3) is 5.91 Å². The summed E-state index contributed by atoms with van der Waals surface area (Å²) in [5, 5.41) is 3.55. The third-order valence-corrected chi connectivity index (χ3v) is 5.08. The van der Waals surface area contributed by atoms with Crippen LogP contribution in [0.2, 0.25) is 5.02 Å². The Morgan fingerprint density at radius 3 is 2.64 bits per heavy atom. The Morgan fingerprint density at radius 2 is 1.84 bits per heavy atom. The second-order valence-corrected chi connectivity index (χ2v) is 6.99. The van der Waals surface area contributed by atoms with Crippen molar-refractivity contribution in [2.75, 3.05) is 43.4 Å². The molecule has 0 aliphatic carbocycles. The number of halogens is 1. The van der Waals surface area contributed by atoms with Gasteiger partial charge in [-0.1, -0.05) is 29.8 Å². The van der Waals surface area contributed by atoms with Crippen molar-refractivity contribution in [2.24, 2.45) is 0 Å². The van der Waals surface area contributed by atoms with Crippen molar-refractivity contribution in [2.45, 2.75) is 0 Å². The molecule has 4 nitrogen and oxygen atoms in total. The maximum atomic E-state index is 12.4. The molecule has 0 unspecified atom stereocenters. The maximum absolute atomic E-state index is 12.4. The van der Waals surface area contributed by atoms with Crippen LogP contribution in [0.4, 0.5) is 11.4 Å². The van der Waals surface area contributed by atoms with E-state index in [2.05, 4.69) is 40.4 Å². The molecule has 1 N–H and O–H groups in total. The lowest BCUT2D eigenvalue weighted by atomic mass is 10.0. The summed E-state index contributed by atoms with van der Waals surface area (Å²) in [6.45, 7) is 4.07. The van der Waals surface area contributed by atoms with Crippen LogP contribution in [0, 0.1) is 0 Å². The summed E-state index contributed by atoms with van der Waals surface area (Å²) >= 11 is 6.13. The van der Waals surface area contributed by atoms with Gasteiger partial charge in [-0.3, -0.25) is 4.79 Å². The van der Waals surface area contributed by atoms with Crippen LogP contribution < -0.4 is 10.2 Å². The zero-order valence-electron chi connectivity index (χ0n) is 14.1. The number of para-hydroxylation sites is 1. The summed E-state index contributed by atoms with van der Waals surface area (Å²) < 4.78 is 0.